The number of rotatable bonds is 2. The van der Waals surface area contributed by atoms with Crippen molar-refractivity contribution in [2.45, 2.75) is 52.6 Å². The van der Waals surface area contributed by atoms with Gasteiger partial charge in [-0.15, -0.1) is 0 Å². The lowest BCUT2D eigenvalue weighted by Crippen LogP contribution is -2.31. The van der Waals surface area contributed by atoms with Gasteiger partial charge < -0.3 is 4.90 Å². The van der Waals surface area contributed by atoms with Crippen molar-refractivity contribution in [2.75, 3.05) is 6.54 Å². The van der Waals surface area contributed by atoms with Crippen LogP contribution in [0.5, 0.6) is 0 Å². The molecule has 0 atom stereocenters. The van der Waals surface area contributed by atoms with E-state index in [4.69, 9.17) is 0 Å². The van der Waals surface area contributed by atoms with Crippen LogP contribution in [-0.2, 0) is 11.8 Å². The molecule has 0 N–H and O–H groups in total. The van der Waals surface area contributed by atoms with E-state index in [2.05, 4.69) is 18.9 Å². The summed E-state index contributed by atoms with van der Waals surface area (Å²) in [5.41, 5.74) is -0.0602. The first-order valence-electron chi connectivity index (χ1n) is 6.74. The lowest BCUT2D eigenvalue weighted by atomic mass is 10.3. The van der Waals surface area contributed by atoms with Gasteiger partial charge in [0, 0.05) is 26.1 Å². The molecular weight excluding hydrogens is 244 g/mol. The van der Waals surface area contributed by atoms with Crippen LogP contribution in [-0.4, -0.2) is 37.7 Å². The third-order valence-corrected chi connectivity index (χ3v) is 3.07. The molecule has 1 aromatic rings. The van der Waals surface area contributed by atoms with Gasteiger partial charge in [-0.25, -0.2) is 9.48 Å². The first-order valence-corrected chi connectivity index (χ1v) is 6.74. The van der Waals surface area contributed by atoms with Gasteiger partial charge in [0.25, 0.3) is 0 Å². The molecule has 108 valence electrons. The molecule has 0 aliphatic carbocycles. The summed E-state index contributed by atoms with van der Waals surface area (Å²) in [5, 5.41) is 3.88. The van der Waals surface area contributed by atoms with Gasteiger partial charge in [-0.05, 0) is 34.1 Å². The van der Waals surface area contributed by atoms with Crippen molar-refractivity contribution in [3.63, 3.8) is 0 Å². The van der Waals surface area contributed by atoms with Gasteiger partial charge in [0.15, 0.2) is 0 Å². The van der Waals surface area contributed by atoms with Gasteiger partial charge in [-0.1, -0.05) is 0 Å². The van der Waals surface area contributed by atoms with Crippen LogP contribution in [0.2, 0.25) is 0 Å². The molecule has 6 heteroatoms. The zero-order chi connectivity index (χ0) is 14.6. The molecule has 0 bridgehead atoms. The van der Waals surface area contributed by atoms with Crippen molar-refractivity contribution in [2.24, 2.45) is 7.05 Å². The van der Waals surface area contributed by atoms with E-state index in [9.17, 15) is 9.59 Å². The molecule has 2 rings (SSSR count). The number of amides is 1. The third-order valence-electron chi connectivity index (χ3n) is 3.07. The highest BCUT2D eigenvalue weighted by atomic mass is 16.2. The molecular formula is C13H24N4O2. The maximum absolute atomic E-state index is 11.1. The second-order valence-corrected chi connectivity index (χ2v) is 5.35. The smallest absolute Gasteiger partial charge is 0.340 e. The van der Waals surface area contributed by atoms with Gasteiger partial charge in [0.05, 0.1) is 6.04 Å². The molecule has 1 aromatic heterocycles. The standard InChI is InChI=1S/C7H13NO.C6H11N3O/c1-6(2)8-5-3-4-7(8)9;1-5(2)9-6(10)8(3)4-7-9/h6H,3-5H2,1-2H3;4-5H,1-3H3. The van der Waals surface area contributed by atoms with Crippen LogP contribution in [0.4, 0.5) is 0 Å². The molecule has 0 radical (unpaired) electrons. The summed E-state index contributed by atoms with van der Waals surface area (Å²) < 4.78 is 2.90. The fraction of sp³-hybridized carbons (Fsp3) is 0.769. The second-order valence-electron chi connectivity index (χ2n) is 5.35. The highest BCUT2D eigenvalue weighted by Crippen LogP contribution is 2.12. The van der Waals surface area contributed by atoms with Crippen LogP contribution in [0.3, 0.4) is 0 Å². The molecule has 6 nitrogen and oxygen atoms in total. The van der Waals surface area contributed by atoms with E-state index in [0.717, 1.165) is 19.4 Å². The Morgan fingerprint density at radius 2 is 1.79 bits per heavy atom. The minimum atomic E-state index is -0.0602. The first kappa shape index (κ1) is 15.5. The number of likely N-dealkylation sites (tertiary alicyclic amines) is 1. The maximum atomic E-state index is 11.1. The first-order chi connectivity index (χ1) is 8.84. The fourth-order valence-corrected chi connectivity index (χ4v) is 1.96. The van der Waals surface area contributed by atoms with Gasteiger partial charge in [-0.2, -0.15) is 5.10 Å². The summed E-state index contributed by atoms with van der Waals surface area (Å²) >= 11 is 0. The predicted octanol–water partition coefficient (Wildman–Crippen LogP) is 1.18. The van der Waals surface area contributed by atoms with E-state index < -0.39 is 0 Å². The third kappa shape index (κ3) is 3.94. The number of aromatic nitrogens is 3. The lowest BCUT2D eigenvalue weighted by Gasteiger charge is -2.19. The Bertz CT molecular complexity index is 473. The van der Waals surface area contributed by atoms with Gasteiger partial charge >= 0.3 is 5.69 Å². The van der Waals surface area contributed by atoms with Gasteiger partial charge in [-0.3, -0.25) is 9.36 Å². The van der Waals surface area contributed by atoms with Gasteiger partial charge in [0.1, 0.15) is 6.33 Å². The number of aryl methyl sites for hydroxylation is 1. The number of hydrogen-bond acceptors (Lipinski definition) is 3. The van der Waals surface area contributed by atoms with E-state index in [1.54, 1.807) is 7.05 Å². The van der Waals surface area contributed by atoms with Crippen molar-refractivity contribution in [1.29, 1.82) is 0 Å². The van der Waals surface area contributed by atoms with E-state index >= 15 is 0 Å². The van der Waals surface area contributed by atoms with E-state index in [-0.39, 0.29) is 11.7 Å². The number of carbonyl (C=O) groups is 1. The van der Waals surface area contributed by atoms with Crippen molar-refractivity contribution in [1.82, 2.24) is 19.2 Å². The van der Waals surface area contributed by atoms with Crippen molar-refractivity contribution < 1.29 is 4.79 Å². The van der Waals surface area contributed by atoms with E-state index in [1.807, 2.05) is 18.7 Å². The molecule has 0 spiro atoms. The summed E-state index contributed by atoms with van der Waals surface area (Å²) in [7, 11) is 1.69. The molecule has 1 amide bonds. The Morgan fingerprint density at radius 3 is 2.00 bits per heavy atom. The minimum absolute atomic E-state index is 0.0602. The van der Waals surface area contributed by atoms with Crippen molar-refractivity contribution in [3.05, 3.63) is 16.8 Å². The van der Waals surface area contributed by atoms with Crippen LogP contribution in [0.15, 0.2) is 11.1 Å². The topological polar surface area (TPSA) is 60.1 Å². The molecule has 19 heavy (non-hydrogen) atoms. The number of nitrogens with zero attached hydrogens (tertiary/aromatic N) is 4. The average molecular weight is 268 g/mol. The van der Waals surface area contributed by atoms with Gasteiger partial charge in [0.2, 0.25) is 5.91 Å². The SMILES string of the molecule is CC(C)N1CCCC1=O.CC(C)n1ncn(C)c1=O. The quantitative estimate of drug-likeness (QED) is 0.809. The fourth-order valence-electron chi connectivity index (χ4n) is 1.96. The molecule has 0 aromatic carbocycles. The second kappa shape index (κ2) is 6.54. The molecule has 0 unspecified atom stereocenters. The summed E-state index contributed by atoms with van der Waals surface area (Å²) in [6, 6.07) is 0.550. The van der Waals surface area contributed by atoms with Crippen LogP contribution in [0.1, 0.15) is 46.6 Å². The Labute approximate surface area is 114 Å². The molecule has 1 fully saturated rings. The van der Waals surface area contributed by atoms with E-state index in [0.29, 0.717) is 11.9 Å². The van der Waals surface area contributed by atoms with Crippen molar-refractivity contribution >= 4 is 5.91 Å². The molecule has 1 aliphatic heterocycles. The highest BCUT2D eigenvalue weighted by Gasteiger charge is 2.21. The van der Waals surface area contributed by atoms with Crippen molar-refractivity contribution in [3.8, 4) is 0 Å². The largest absolute Gasteiger partial charge is 0.345 e. The maximum Gasteiger partial charge on any atom is 0.345 e. The van der Waals surface area contributed by atoms with Crippen LogP contribution >= 0.6 is 0 Å². The van der Waals surface area contributed by atoms with Crippen LogP contribution < -0.4 is 5.69 Å². The molecule has 2 heterocycles. The monoisotopic (exact) mass is 268 g/mol. The lowest BCUT2D eigenvalue weighted by molar-refractivity contribution is -0.129. The summed E-state index contributed by atoms with van der Waals surface area (Å²) in [6.07, 6.45) is 3.33. The van der Waals surface area contributed by atoms with E-state index in [1.165, 1.54) is 15.6 Å². The zero-order valence-electron chi connectivity index (χ0n) is 12.5. The normalized spacial score (nSPS) is 15.1. The summed E-state index contributed by atoms with van der Waals surface area (Å²) in [4.78, 5) is 23.9. The Kier molecular flexibility index (Phi) is 5.32. The Morgan fingerprint density at radius 1 is 1.16 bits per heavy atom. The van der Waals surface area contributed by atoms with Crippen LogP contribution in [0.25, 0.3) is 0 Å². The Balaban J connectivity index is 0.000000191. The average Bonchev–Trinajstić information content (AvgIpc) is 2.88. The van der Waals surface area contributed by atoms with Crippen LogP contribution in [0, 0.1) is 0 Å². The Hall–Kier alpha value is -1.59. The minimum Gasteiger partial charge on any atom is -0.340 e. The predicted molar refractivity (Wildman–Crippen MR) is 73.9 cm³/mol. The highest BCUT2D eigenvalue weighted by molar-refractivity contribution is 5.78. The summed E-state index contributed by atoms with van der Waals surface area (Å²) in [6.45, 7) is 8.94. The summed E-state index contributed by atoms with van der Waals surface area (Å²) in [5.74, 6) is 0.324. The number of carbonyl (C=O) groups excluding carboxylic acids is 1. The number of hydrogen-bond donors (Lipinski definition) is 0. The molecule has 0 saturated carbocycles. The zero-order valence-corrected chi connectivity index (χ0v) is 12.5. The molecule has 1 aliphatic rings. The molecule has 1 saturated heterocycles.